The summed E-state index contributed by atoms with van der Waals surface area (Å²) in [4.78, 5) is 1.94. The molecular weight excluding hydrogens is 391 g/mol. The van der Waals surface area contributed by atoms with Crippen molar-refractivity contribution in [2.24, 2.45) is 5.41 Å². The molecule has 0 spiro atoms. The summed E-state index contributed by atoms with van der Waals surface area (Å²) in [5.41, 5.74) is 2.24. The molecule has 2 bridgehead atoms. The summed E-state index contributed by atoms with van der Waals surface area (Å²) in [5.74, 6) is 0.130. The molecule has 7 nitrogen and oxygen atoms in total. The summed E-state index contributed by atoms with van der Waals surface area (Å²) in [6.07, 6.45) is 4.41. The number of aromatic nitrogens is 4. The molecule has 29 heavy (non-hydrogen) atoms. The lowest BCUT2D eigenvalue weighted by atomic mass is 9.65. The topological polar surface area (TPSA) is 90.0 Å². The Morgan fingerprint density at radius 1 is 1.31 bits per heavy atom. The molecule has 6 rings (SSSR count). The highest BCUT2D eigenvalue weighted by molar-refractivity contribution is 7.18. The van der Waals surface area contributed by atoms with Crippen LogP contribution >= 0.6 is 11.3 Å². The fourth-order valence-corrected chi connectivity index (χ4v) is 5.61. The second-order valence-corrected chi connectivity index (χ2v) is 9.24. The van der Waals surface area contributed by atoms with Gasteiger partial charge in [-0.1, -0.05) is 24.3 Å². The summed E-state index contributed by atoms with van der Waals surface area (Å²) < 4.78 is 15.1. The van der Waals surface area contributed by atoms with Gasteiger partial charge in [0.05, 0.1) is 17.8 Å². The minimum atomic E-state index is -0.942. The van der Waals surface area contributed by atoms with Crippen LogP contribution in [0.3, 0.4) is 0 Å². The van der Waals surface area contributed by atoms with Gasteiger partial charge in [0.15, 0.2) is 5.01 Å². The summed E-state index contributed by atoms with van der Waals surface area (Å²) >= 11 is 1.37. The van der Waals surface area contributed by atoms with Gasteiger partial charge >= 0.3 is 0 Å². The number of hydrogen-bond donors (Lipinski definition) is 3. The minimum Gasteiger partial charge on any atom is -0.507 e. The van der Waals surface area contributed by atoms with E-state index in [0.717, 1.165) is 30.5 Å². The van der Waals surface area contributed by atoms with Crippen LogP contribution in [-0.4, -0.2) is 57.3 Å². The highest BCUT2D eigenvalue weighted by atomic mass is 32.1. The minimum absolute atomic E-state index is 0.0869. The first-order chi connectivity index (χ1) is 14.0. The number of phenolic OH excluding ortho intramolecular Hbond substituents is 1. The number of anilines is 1. The first-order valence-corrected chi connectivity index (χ1v) is 10.5. The normalized spacial score (nSPS) is 28.6. The molecule has 4 heterocycles. The average Bonchev–Trinajstić information content (AvgIpc) is 3.40. The number of nitrogens with zero attached hydrogens (tertiary/aromatic N) is 4. The van der Waals surface area contributed by atoms with Gasteiger partial charge in [-0.05, 0) is 30.5 Å². The first kappa shape index (κ1) is 18.5. The van der Waals surface area contributed by atoms with Crippen molar-refractivity contribution in [3.8, 4) is 27.4 Å². The van der Waals surface area contributed by atoms with E-state index in [1.807, 2.05) is 24.1 Å². The maximum absolute atomic E-state index is 15.1. The molecule has 2 unspecified atom stereocenters. The zero-order valence-electron chi connectivity index (χ0n) is 16.3. The van der Waals surface area contributed by atoms with E-state index in [1.54, 1.807) is 18.5 Å². The number of aromatic amines is 1. The van der Waals surface area contributed by atoms with Crippen LogP contribution in [0.25, 0.3) is 21.7 Å². The van der Waals surface area contributed by atoms with Crippen molar-refractivity contribution in [1.29, 1.82) is 0 Å². The standard InChI is InChI=1S/C20H23FN6OS/c1-20-6-5-14(22-10-20)16(21)17(20)27(2)19-26-25-18(29-19)13-4-3-11(7-15(13)28)12-8-23-24-9-12/h3-4,7-9,14,16-17,22,28H,5-6,10H2,1-2H3,(H,23,24)/t14?,16?,17-,20+/m0/s1. The van der Waals surface area contributed by atoms with Gasteiger partial charge in [0.2, 0.25) is 5.13 Å². The Hall–Kier alpha value is -2.52. The van der Waals surface area contributed by atoms with Gasteiger partial charge in [-0.15, -0.1) is 10.2 Å². The Morgan fingerprint density at radius 3 is 2.83 bits per heavy atom. The molecule has 2 aromatic heterocycles. The molecule has 1 aromatic carbocycles. The van der Waals surface area contributed by atoms with Crippen molar-refractivity contribution in [3.05, 3.63) is 30.6 Å². The van der Waals surface area contributed by atoms with Crippen molar-refractivity contribution in [3.63, 3.8) is 0 Å². The van der Waals surface area contributed by atoms with Crippen LogP contribution < -0.4 is 10.2 Å². The van der Waals surface area contributed by atoms with E-state index in [4.69, 9.17) is 0 Å². The van der Waals surface area contributed by atoms with Gasteiger partial charge in [0.25, 0.3) is 0 Å². The molecule has 0 radical (unpaired) electrons. The number of phenols is 1. The number of nitrogens with one attached hydrogen (secondary N) is 2. The molecule has 3 aliphatic rings. The van der Waals surface area contributed by atoms with Crippen molar-refractivity contribution in [2.75, 3.05) is 18.5 Å². The summed E-state index contributed by atoms with van der Waals surface area (Å²) in [5, 5.41) is 30.4. The third-order valence-electron chi connectivity index (χ3n) is 6.39. The van der Waals surface area contributed by atoms with Gasteiger partial charge in [0.1, 0.15) is 11.9 Å². The molecule has 9 heteroatoms. The largest absolute Gasteiger partial charge is 0.507 e. The van der Waals surface area contributed by atoms with Crippen molar-refractivity contribution >= 4 is 16.5 Å². The fourth-order valence-electron chi connectivity index (χ4n) is 4.74. The van der Waals surface area contributed by atoms with Crippen molar-refractivity contribution in [2.45, 2.75) is 38.0 Å². The Labute approximate surface area is 172 Å². The number of halogens is 1. The summed E-state index contributed by atoms with van der Waals surface area (Å²) in [6, 6.07) is 5.11. The molecule has 152 valence electrons. The van der Waals surface area contributed by atoms with Crippen molar-refractivity contribution in [1.82, 2.24) is 25.7 Å². The lowest BCUT2D eigenvalue weighted by Crippen LogP contribution is -2.69. The Balaban J connectivity index is 1.42. The number of alkyl halides is 1. The molecular formula is C20H23FN6OS. The smallest absolute Gasteiger partial charge is 0.208 e. The van der Waals surface area contributed by atoms with Gasteiger partial charge < -0.3 is 15.3 Å². The molecule has 0 amide bonds. The van der Waals surface area contributed by atoms with Crippen LogP contribution in [0.15, 0.2) is 30.6 Å². The molecule has 3 aromatic rings. The lowest BCUT2D eigenvalue weighted by molar-refractivity contribution is 0.00781. The number of piperidine rings is 2. The zero-order valence-corrected chi connectivity index (χ0v) is 17.1. The number of benzene rings is 1. The van der Waals surface area contributed by atoms with Crippen LogP contribution in [0, 0.1) is 5.41 Å². The van der Waals surface area contributed by atoms with Gasteiger partial charge in [-0.25, -0.2) is 4.39 Å². The molecule has 2 aliphatic heterocycles. The van der Waals surface area contributed by atoms with Crippen molar-refractivity contribution < 1.29 is 9.50 Å². The lowest BCUT2D eigenvalue weighted by Gasteiger charge is -2.55. The average molecular weight is 415 g/mol. The Kier molecular flexibility index (Phi) is 4.32. The highest BCUT2D eigenvalue weighted by Gasteiger charge is 2.53. The summed E-state index contributed by atoms with van der Waals surface area (Å²) in [6.45, 7) is 2.96. The van der Waals surface area contributed by atoms with E-state index in [-0.39, 0.29) is 23.2 Å². The second-order valence-electron chi connectivity index (χ2n) is 8.29. The number of aromatic hydroxyl groups is 1. The Bertz CT molecular complexity index is 1010. The SMILES string of the molecule is CN(c1nnc(-c2ccc(-c3cn[nH]c3)cc2O)s1)[C@H]1C(F)C2CC[C@]1(C)CN2. The molecule has 3 fully saturated rings. The highest BCUT2D eigenvalue weighted by Crippen LogP contribution is 2.46. The van der Waals surface area contributed by atoms with Crippen LogP contribution in [0.1, 0.15) is 19.8 Å². The maximum Gasteiger partial charge on any atom is 0.208 e. The van der Waals surface area contributed by atoms with Crippen LogP contribution in [0.4, 0.5) is 9.52 Å². The molecule has 1 aliphatic carbocycles. The second kappa shape index (κ2) is 6.77. The number of hydrogen-bond acceptors (Lipinski definition) is 7. The van der Waals surface area contributed by atoms with E-state index in [1.165, 1.54) is 11.3 Å². The van der Waals surface area contributed by atoms with E-state index in [2.05, 4.69) is 32.6 Å². The van der Waals surface area contributed by atoms with E-state index < -0.39 is 6.17 Å². The van der Waals surface area contributed by atoms with E-state index >= 15 is 4.39 Å². The molecule has 1 saturated carbocycles. The maximum atomic E-state index is 15.1. The fraction of sp³-hybridized carbons (Fsp3) is 0.450. The quantitative estimate of drug-likeness (QED) is 0.607. The third-order valence-corrected chi connectivity index (χ3v) is 7.43. The third kappa shape index (κ3) is 3.00. The van der Waals surface area contributed by atoms with Gasteiger partial charge in [0, 0.05) is 36.8 Å². The number of H-pyrrole nitrogens is 1. The molecule has 3 N–H and O–H groups in total. The Morgan fingerprint density at radius 2 is 2.17 bits per heavy atom. The number of fused-ring (bicyclic) bond motifs is 3. The molecule has 2 saturated heterocycles. The van der Waals surface area contributed by atoms with Crippen LogP contribution in [0.2, 0.25) is 0 Å². The first-order valence-electron chi connectivity index (χ1n) is 9.73. The van der Waals surface area contributed by atoms with Crippen LogP contribution in [0.5, 0.6) is 5.75 Å². The van der Waals surface area contributed by atoms with E-state index in [0.29, 0.717) is 15.7 Å². The number of rotatable bonds is 4. The predicted molar refractivity (Wildman–Crippen MR) is 111 cm³/mol. The summed E-state index contributed by atoms with van der Waals surface area (Å²) in [7, 11) is 1.90. The van der Waals surface area contributed by atoms with Crippen LogP contribution in [-0.2, 0) is 0 Å². The monoisotopic (exact) mass is 414 g/mol. The zero-order chi connectivity index (χ0) is 20.2. The van der Waals surface area contributed by atoms with Gasteiger partial charge in [-0.3, -0.25) is 5.10 Å². The van der Waals surface area contributed by atoms with E-state index in [9.17, 15) is 5.11 Å². The predicted octanol–water partition coefficient (Wildman–Crippen LogP) is 3.22. The van der Waals surface area contributed by atoms with Gasteiger partial charge in [-0.2, -0.15) is 5.10 Å². The molecule has 4 atom stereocenters.